The highest BCUT2D eigenvalue weighted by Gasteiger charge is 2.20. The Morgan fingerprint density at radius 3 is 2.40 bits per heavy atom. The molecule has 6 heteroatoms. The molecule has 2 aromatic rings. The minimum atomic E-state index is 0. The number of rotatable bonds is 7. The van der Waals surface area contributed by atoms with Gasteiger partial charge in [0.25, 0.3) is 0 Å². The van der Waals surface area contributed by atoms with Crippen molar-refractivity contribution in [1.82, 2.24) is 15.5 Å². The second-order valence-electron chi connectivity index (χ2n) is 7.94. The molecule has 0 atom stereocenters. The van der Waals surface area contributed by atoms with E-state index in [4.69, 9.17) is 4.99 Å². The Morgan fingerprint density at radius 2 is 1.73 bits per heavy atom. The van der Waals surface area contributed by atoms with E-state index < -0.39 is 0 Å². The zero-order chi connectivity index (χ0) is 20.5. The molecule has 0 aromatic heterocycles. The lowest BCUT2D eigenvalue weighted by Gasteiger charge is -2.33. The van der Waals surface area contributed by atoms with Crippen LogP contribution in [0.2, 0.25) is 0 Å². The van der Waals surface area contributed by atoms with Crippen LogP contribution >= 0.6 is 24.0 Å². The van der Waals surface area contributed by atoms with Crippen molar-refractivity contribution in [2.24, 2.45) is 4.99 Å². The van der Waals surface area contributed by atoms with E-state index in [1.165, 1.54) is 16.8 Å². The predicted octanol–water partition coefficient (Wildman–Crippen LogP) is 4.09. The SMILES string of the molecule is CCNC(=NCc1cccc(N(C)C)c1)NC1CCN(Cc2ccccc2)CC1.I. The summed E-state index contributed by atoms with van der Waals surface area (Å²) >= 11 is 0. The van der Waals surface area contributed by atoms with Crippen LogP contribution in [0.3, 0.4) is 0 Å². The number of guanidine groups is 1. The molecule has 0 saturated carbocycles. The lowest BCUT2D eigenvalue weighted by molar-refractivity contribution is 0.198. The third kappa shape index (κ3) is 7.80. The van der Waals surface area contributed by atoms with E-state index in [0.717, 1.165) is 45.0 Å². The Morgan fingerprint density at radius 1 is 1.03 bits per heavy atom. The number of halogens is 1. The molecule has 0 amide bonds. The number of piperidine rings is 1. The van der Waals surface area contributed by atoms with Gasteiger partial charge in [-0.3, -0.25) is 4.90 Å². The summed E-state index contributed by atoms with van der Waals surface area (Å²) in [4.78, 5) is 9.50. The first kappa shape index (κ1) is 24.5. The molecule has 1 aliphatic rings. The molecule has 3 rings (SSSR count). The Hall–Kier alpha value is -1.80. The molecule has 0 bridgehead atoms. The lowest BCUT2D eigenvalue weighted by atomic mass is 10.0. The van der Waals surface area contributed by atoms with Crippen molar-refractivity contribution in [2.75, 3.05) is 38.6 Å². The van der Waals surface area contributed by atoms with E-state index in [9.17, 15) is 0 Å². The largest absolute Gasteiger partial charge is 0.378 e. The number of benzene rings is 2. The fraction of sp³-hybridized carbons (Fsp3) is 0.458. The van der Waals surface area contributed by atoms with Crippen LogP contribution in [0.15, 0.2) is 59.6 Å². The molecule has 5 nitrogen and oxygen atoms in total. The van der Waals surface area contributed by atoms with Crippen LogP contribution in [-0.2, 0) is 13.1 Å². The van der Waals surface area contributed by atoms with Gasteiger partial charge in [0.05, 0.1) is 6.54 Å². The number of aliphatic imine (C=N–C) groups is 1. The van der Waals surface area contributed by atoms with Gasteiger partial charge in [-0.25, -0.2) is 4.99 Å². The highest BCUT2D eigenvalue weighted by atomic mass is 127. The van der Waals surface area contributed by atoms with Crippen LogP contribution in [0.4, 0.5) is 5.69 Å². The Bertz CT molecular complexity index is 770. The van der Waals surface area contributed by atoms with E-state index >= 15 is 0 Å². The second-order valence-corrected chi connectivity index (χ2v) is 7.94. The molecule has 0 aliphatic carbocycles. The molecule has 0 spiro atoms. The van der Waals surface area contributed by atoms with Crippen molar-refractivity contribution in [2.45, 2.75) is 38.9 Å². The second kappa shape index (κ2) is 12.8. The maximum Gasteiger partial charge on any atom is 0.191 e. The summed E-state index contributed by atoms with van der Waals surface area (Å²) < 4.78 is 0. The standard InChI is InChI=1S/C24H35N5.HI/c1-4-25-24(26-18-21-11-8-12-23(17-21)28(2)3)27-22-13-15-29(16-14-22)19-20-9-6-5-7-10-20;/h5-12,17,22H,4,13-16,18-19H2,1-3H3,(H2,25,26,27);1H. The molecule has 2 N–H and O–H groups in total. The van der Waals surface area contributed by atoms with Crippen LogP contribution in [-0.4, -0.2) is 50.6 Å². The Balaban J connectivity index is 0.00000320. The minimum Gasteiger partial charge on any atom is -0.378 e. The van der Waals surface area contributed by atoms with Crippen molar-refractivity contribution >= 4 is 35.6 Å². The number of hydrogen-bond acceptors (Lipinski definition) is 3. The number of hydrogen-bond donors (Lipinski definition) is 2. The highest BCUT2D eigenvalue weighted by Crippen LogP contribution is 2.15. The summed E-state index contributed by atoms with van der Waals surface area (Å²) in [6.07, 6.45) is 2.29. The van der Waals surface area contributed by atoms with Crippen molar-refractivity contribution in [3.63, 3.8) is 0 Å². The van der Waals surface area contributed by atoms with E-state index in [-0.39, 0.29) is 24.0 Å². The average molecular weight is 521 g/mol. The number of nitrogens with zero attached hydrogens (tertiary/aromatic N) is 3. The van der Waals surface area contributed by atoms with Crippen molar-refractivity contribution in [1.29, 1.82) is 0 Å². The molecule has 30 heavy (non-hydrogen) atoms. The Kier molecular flexibility index (Phi) is 10.4. The summed E-state index contributed by atoms with van der Waals surface area (Å²) in [6, 6.07) is 19.8. The van der Waals surface area contributed by atoms with Crippen molar-refractivity contribution in [3.8, 4) is 0 Å². The fourth-order valence-corrected chi connectivity index (χ4v) is 3.69. The quantitative estimate of drug-likeness (QED) is 0.327. The average Bonchev–Trinajstić information content (AvgIpc) is 2.74. The first-order valence-electron chi connectivity index (χ1n) is 10.7. The molecule has 1 saturated heterocycles. The van der Waals surface area contributed by atoms with Gasteiger partial charge in [0, 0.05) is 52.0 Å². The molecule has 164 valence electrons. The molecule has 1 fully saturated rings. The first-order valence-corrected chi connectivity index (χ1v) is 10.7. The maximum atomic E-state index is 4.83. The van der Waals surface area contributed by atoms with E-state index in [1.54, 1.807) is 0 Å². The first-order chi connectivity index (χ1) is 14.1. The van der Waals surface area contributed by atoms with E-state index in [2.05, 4.69) is 96.0 Å². The van der Waals surface area contributed by atoms with Crippen LogP contribution in [0.5, 0.6) is 0 Å². The van der Waals surface area contributed by atoms with Gasteiger partial charge in [-0.1, -0.05) is 42.5 Å². The van der Waals surface area contributed by atoms with Gasteiger partial charge < -0.3 is 15.5 Å². The van der Waals surface area contributed by atoms with E-state index in [1.807, 2.05) is 0 Å². The maximum absolute atomic E-state index is 4.83. The van der Waals surface area contributed by atoms with Crippen LogP contribution in [0.25, 0.3) is 0 Å². The predicted molar refractivity (Wildman–Crippen MR) is 139 cm³/mol. The highest BCUT2D eigenvalue weighted by molar-refractivity contribution is 14.0. The summed E-state index contributed by atoms with van der Waals surface area (Å²) in [5, 5.41) is 7.05. The summed E-state index contributed by atoms with van der Waals surface area (Å²) in [5.74, 6) is 0.921. The van der Waals surface area contributed by atoms with Gasteiger partial charge in [-0.15, -0.1) is 24.0 Å². The fourth-order valence-electron chi connectivity index (χ4n) is 3.69. The van der Waals surface area contributed by atoms with E-state index in [0.29, 0.717) is 12.6 Å². The molecular weight excluding hydrogens is 485 g/mol. The molecular formula is C24H36IN5. The topological polar surface area (TPSA) is 42.9 Å². The van der Waals surface area contributed by atoms with Crippen molar-refractivity contribution in [3.05, 3.63) is 65.7 Å². The third-order valence-corrected chi connectivity index (χ3v) is 5.37. The third-order valence-electron chi connectivity index (χ3n) is 5.37. The zero-order valence-corrected chi connectivity index (χ0v) is 20.8. The number of nitrogens with one attached hydrogen (secondary N) is 2. The lowest BCUT2D eigenvalue weighted by Crippen LogP contribution is -2.48. The number of likely N-dealkylation sites (tertiary alicyclic amines) is 1. The van der Waals surface area contributed by atoms with Gasteiger partial charge in [-0.05, 0) is 43.0 Å². The monoisotopic (exact) mass is 521 g/mol. The molecule has 2 aromatic carbocycles. The van der Waals surface area contributed by atoms with Gasteiger partial charge in [0.1, 0.15) is 0 Å². The summed E-state index contributed by atoms with van der Waals surface area (Å²) in [5.41, 5.74) is 3.83. The van der Waals surface area contributed by atoms with Gasteiger partial charge >= 0.3 is 0 Å². The Labute approximate surface area is 199 Å². The summed E-state index contributed by atoms with van der Waals surface area (Å²) in [6.45, 7) is 6.96. The van der Waals surface area contributed by atoms with Crippen LogP contribution in [0.1, 0.15) is 30.9 Å². The molecule has 1 heterocycles. The smallest absolute Gasteiger partial charge is 0.191 e. The van der Waals surface area contributed by atoms with Crippen LogP contribution in [0, 0.1) is 0 Å². The van der Waals surface area contributed by atoms with Crippen LogP contribution < -0.4 is 15.5 Å². The zero-order valence-electron chi connectivity index (χ0n) is 18.5. The molecule has 1 aliphatic heterocycles. The minimum absolute atomic E-state index is 0. The van der Waals surface area contributed by atoms with Gasteiger partial charge in [0.15, 0.2) is 5.96 Å². The molecule has 0 unspecified atom stereocenters. The van der Waals surface area contributed by atoms with Crippen molar-refractivity contribution < 1.29 is 0 Å². The summed E-state index contributed by atoms with van der Waals surface area (Å²) in [7, 11) is 4.14. The normalized spacial score (nSPS) is 15.4. The number of anilines is 1. The molecule has 0 radical (unpaired) electrons. The van der Waals surface area contributed by atoms with Gasteiger partial charge in [-0.2, -0.15) is 0 Å². The van der Waals surface area contributed by atoms with Gasteiger partial charge in [0.2, 0.25) is 0 Å².